The van der Waals surface area contributed by atoms with E-state index in [0.29, 0.717) is 35.7 Å². The van der Waals surface area contributed by atoms with Crippen molar-refractivity contribution >= 4 is 28.5 Å². The van der Waals surface area contributed by atoms with Crippen molar-refractivity contribution in [3.05, 3.63) is 88.6 Å². The van der Waals surface area contributed by atoms with Crippen molar-refractivity contribution in [2.75, 3.05) is 18.8 Å². The van der Waals surface area contributed by atoms with E-state index >= 15 is 0 Å². The molecule has 2 aromatic carbocycles. The predicted octanol–water partition coefficient (Wildman–Crippen LogP) is 4.76. The minimum Gasteiger partial charge on any atom is -0.383 e. The van der Waals surface area contributed by atoms with Crippen molar-refractivity contribution in [3.8, 4) is 33.6 Å². The van der Waals surface area contributed by atoms with Crippen LogP contribution in [0.25, 0.3) is 44.5 Å². The summed E-state index contributed by atoms with van der Waals surface area (Å²) >= 11 is 0. The van der Waals surface area contributed by atoms with Gasteiger partial charge in [-0.2, -0.15) is 5.10 Å². The average molecular weight is 594 g/mol. The van der Waals surface area contributed by atoms with Gasteiger partial charge in [-0.3, -0.25) is 19.1 Å². The second-order valence-corrected chi connectivity index (χ2v) is 11.3. The van der Waals surface area contributed by atoms with Gasteiger partial charge >= 0.3 is 0 Å². The molecular formula is C33H32FN7O3. The van der Waals surface area contributed by atoms with Crippen molar-refractivity contribution in [1.82, 2.24) is 24.6 Å². The van der Waals surface area contributed by atoms with E-state index in [0.717, 1.165) is 29.3 Å². The molecule has 0 atom stereocenters. The molecule has 0 spiro atoms. The lowest BCUT2D eigenvalue weighted by molar-refractivity contribution is -0.135. The number of aromatic amines is 1. The molecule has 0 saturated carbocycles. The number of hydrogen-bond acceptors (Lipinski definition) is 6. The third-order valence-corrected chi connectivity index (χ3v) is 8.20. The van der Waals surface area contributed by atoms with Gasteiger partial charge in [0.15, 0.2) is 0 Å². The highest BCUT2D eigenvalue weighted by Gasteiger charge is 2.28. The van der Waals surface area contributed by atoms with Gasteiger partial charge in [0.1, 0.15) is 22.9 Å². The predicted molar refractivity (Wildman–Crippen MR) is 167 cm³/mol. The Morgan fingerprint density at radius 2 is 1.61 bits per heavy atom. The number of amides is 2. The van der Waals surface area contributed by atoms with Gasteiger partial charge in [0.05, 0.1) is 22.6 Å². The van der Waals surface area contributed by atoms with E-state index in [1.807, 2.05) is 41.6 Å². The van der Waals surface area contributed by atoms with E-state index in [1.165, 1.54) is 30.5 Å². The summed E-state index contributed by atoms with van der Waals surface area (Å²) < 4.78 is 15.4. The summed E-state index contributed by atoms with van der Waals surface area (Å²) in [6.45, 7) is 5.15. The number of nitrogen functional groups attached to an aromatic ring is 1. The van der Waals surface area contributed by atoms with Gasteiger partial charge in [-0.1, -0.05) is 50.2 Å². The Hall–Kier alpha value is -5.32. The fourth-order valence-electron chi connectivity index (χ4n) is 5.92. The minimum atomic E-state index is -0.876. The van der Waals surface area contributed by atoms with Crippen LogP contribution in [-0.2, 0) is 4.79 Å². The minimum absolute atomic E-state index is 0.0397. The number of nitrogens with zero attached hydrogens (tertiary/aromatic N) is 4. The standard InChI is InChI=1S/C33H32FN7O3/c1-18(2)33(44)40-15-12-23(13-16-40)41-25-11-14-37-31(35)26(25)29(39-41)21-5-3-20(4-6-21)28-27(32(36)43)30(42)24(17-38-28)19-7-9-22(34)10-8-19/h3-11,14,17-18,23H,12-13,15-16H2,1-2H3,(H2,35,37)(H2,36,43)(H,38,42). The van der Waals surface area contributed by atoms with Crippen LogP contribution in [0.1, 0.15) is 43.1 Å². The molecule has 3 aromatic heterocycles. The molecule has 5 N–H and O–H groups in total. The van der Waals surface area contributed by atoms with Crippen molar-refractivity contribution in [2.45, 2.75) is 32.7 Å². The number of fused-ring (bicyclic) bond motifs is 1. The molecule has 1 saturated heterocycles. The van der Waals surface area contributed by atoms with Crippen molar-refractivity contribution in [3.63, 3.8) is 0 Å². The number of pyridine rings is 2. The van der Waals surface area contributed by atoms with Crippen LogP contribution in [0.3, 0.4) is 0 Å². The highest BCUT2D eigenvalue weighted by Crippen LogP contribution is 2.36. The van der Waals surface area contributed by atoms with E-state index < -0.39 is 17.2 Å². The number of aromatic nitrogens is 4. The van der Waals surface area contributed by atoms with Crippen molar-refractivity contribution in [1.29, 1.82) is 0 Å². The number of nitrogens with two attached hydrogens (primary N) is 2. The van der Waals surface area contributed by atoms with Crippen LogP contribution in [0.2, 0.25) is 0 Å². The fourth-order valence-corrected chi connectivity index (χ4v) is 5.92. The monoisotopic (exact) mass is 593 g/mol. The maximum atomic E-state index is 13.4. The molecule has 224 valence electrons. The largest absolute Gasteiger partial charge is 0.383 e. The first-order valence-corrected chi connectivity index (χ1v) is 14.5. The lowest BCUT2D eigenvalue weighted by Crippen LogP contribution is -2.41. The molecule has 0 unspecified atom stereocenters. The average Bonchev–Trinajstić information content (AvgIpc) is 3.42. The third-order valence-electron chi connectivity index (χ3n) is 8.20. The summed E-state index contributed by atoms with van der Waals surface area (Å²) in [5, 5.41) is 5.73. The molecule has 0 aliphatic carbocycles. The number of primary amides is 1. The van der Waals surface area contributed by atoms with E-state index in [4.69, 9.17) is 16.6 Å². The van der Waals surface area contributed by atoms with Crippen LogP contribution in [0, 0.1) is 11.7 Å². The van der Waals surface area contributed by atoms with E-state index in [2.05, 4.69) is 9.97 Å². The smallest absolute Gasteiger partial charge is 0.254 e. The molecule has 0 radical (unpaired) electrons. The summed E-state index contributed by atoms with van der Waals surface area (Å²) in [5.41, 5.74) is 15.1. The lowest BCUT2D eigenvalue weighted by Gasteiger charge is -2.33. The zero-order valence-corrected chi connectivity index (χ0v) is 24.4. The molecule has 44 heavy (non-hydrogen) atoms. The molecule has 6 rings (SSSR count). The molecule has 4 heterocycles. The molecule has 10 nitrogen and oxygen atoms in total. The van der Waals surface area contributed by atoms with Gasteiger partial charge in [-0.05, 0) is 42.2 Å². The number of H-pyrrole nitrogens is 1. The zero-order valence-electron chi connectivity index (χ0n) is 24.4. The first-order valence-electron chi connectivity index (χ1n) is 14.5. The summed E-state index contributed by atoms with van der Waals surface area (Å²) in [4.78, 5) is 47.6. The number of benzene rings is 2. The van der Waals surface area contributed by atoms with Crippen LogP contribution in [-0.4, -0.2) is 49.6 Å². The number of likely N-dealkylation sites (tertiary alicyclic amines) is 1. The Morgan fingerprint density at radius 1 is 0.977 bits per heavy atom. The summed E-state index contributed by atoms with van der Waals surface area (Å²) in [5.74, 6) is -0.831. The van der Waals surface area contributed by atoms with Crippen molar-refractivity contribution in [2.24, 2.45) is 11.7 Å². The Morgan fingerprint density at radius 3 is 2.25 bits per heavy atom. The quantitative estimate of drug-likeness (QED) is 0.258. The maximum absolute atomic E-state index is 13.4. The highest BCUT2D eigenvalue weighted by molar-refractivity contribution is 6.01. The molecule has 1 aliphatic heterocycles. The fraction of sp³-hybridized carbons (Fsp3) is 0.242. The van der Waals surface area contributed by atoms with Gasteiger partial charge in [0.25, 0.3) is 5.91 Å². The molecule has 11 heteroatoms. The Labute approximate surface area is 252 Å². The van der Waals surface area contributed by atoms with E-state index in [-0.39, 0.29) is 34.7 Å². The van der Waals surface area contributed by atoms with Gasteiger partial charge in [0, 0.05) is 42.5 Å². The number of carbonyl (C=O) groups is 2. The number of nitrogens with one attached hydrogen (secondary N) is 1. The van der Waals surface area contributed by atoms with E-state index in [1.54, 1.807) is 18.3 Å². The normalized spacial score (nSPS) is 14.0. The Balaban J connectivity index is 1.35. The number of carbonyl (C=O) groups excluding carboxylic acids is 2. The first kappa shape index (κ1) is 28.8. The SMILES string of the molecule is CC(C)C(=O)N1CCC(n2nc(-c3ccc(-c4[nH]cc(-c5ccc(F)cc5)c(=O)c4C(N)=O)cc3)c3c(N)nccc32)CC1. The number of piperidine rings is 1. The molecular weight excluding hydrogens is 561 g/mol. The number of rotatable bonds is 6. The molecule has 1 fully saturated rings. The summed E-state index contributed by atoms with van der Waals surface area (Å²) in [6.07, 6.45) is 4.70. The van der Waals surface area contributed by atoms with Gasteiger partial charge in [0.2, 0.25) is 11.3 Å². The molecule has 2 amide bonds. The Bertz CT molecular complexity index is 1940. The van der Waals surface area contributed by atoms with Crippen LogP contribution in [0.4, 0.5) is 10.2 Å². The summed E-state index contributed by atoms with van der Waals surface area (Å²) in [7, 11) is 0. The lowest BCUT2D eigenvalue weighted by atomic mass is 9.98. The molecule has 1 aliphatic rings. The second-order valence-electron chi connectivity index (χ2n) is 11.3. The van der Waals surface area contributed by atoms with Gasteiger partial charge < -0.3 is 21.4 Å². The van der Waals surface area contributed by atoms with Gasteiger partial charge in [-0.15, -0.1) is 0 Å². The van der Waals surface area contributed by atoms with Crippen LogP contribution in [0.15, 0.2) is 71.8 Å². The second kappa shape index (κ2) is 11.4. The van der Waals surface area contributed by atoms with Crippen LogP contribution in [0.5, 0.6) is 0 Å². The molecule has 0 bridgehead atoms. The number of hydrogen-bond donors (Lipinski definition) is 3. The molecule has 5 aromatic rings. The summed E-state index contributed by atoms with van der Waals surface area (Å²) in [6, 6.07) is 14.7. The Kier molecular flexibility index (Phi) is 7.46. The zero-order chi connectivity index (χ0) is 31.1. The third kappa shape index (κ3) is 5.10. The first-order chi connectivity index (χ1) is 21.1. The van der Waals surface area contributed by atoms with E-state index in [9.17, 15) is 18.8 Å². The highest BCUT2D eigenvalue weighted by atomic mass is 19.1. The van der Waals surface area contributed by atoms with Crippen LogP contribution >= 0.6 is 0 Å². The number of anilines is 1. The maximum Gasteiger partial charge on any atom is 0.254 e. The van der Waals surface area contributed by atoms with Gasteiger partial charge in [-0.25, -0.2) is 9.37 Å². The van der Waals surface area contributed by atoms with Crippen LogP contribution < -0.4 is 16.9 Å². The number of halogens is 1. The topological polar surface area (TPSA) is 153 Å². The van der Waals surface area contributed by atoms with Crippen molar-refractivity contribution < 1.29 is 14.0 Å².